The average molecular weight is 273 g/mol. The first-order valence-electron chi connectivity index (χ1n) is 5.11. The minimum Gasteiger partial charge on any atom is -0.356 e. The molecule has 15 heavy (non-hydrogen) atoms. The monoisotopic (exact) mass is 272 g/mol. The molecular formula is C11H17BrN2O. The van der Waals surface area contributed by atoms with Crippen molar-refractivity contribution >= 4 is 21.8 Å². The van der Waals surface area contributed by atoms with E-state index >= 15 is 0 Å². The number of H-pyrrole nitrogens is 1. The fourth-order valence-electron chi connectivity index (χ4n) is 1.56. The Hall–Kier alpha value is -0.770. The topological polar surface area (TPSA) is 44.9 Å². The lowest BCUT2D eigenvalue weighted by molar-refractivity contribution is 0.0904. The van der Waals surface area contributed by atoms with Gasteiger partial charge in [0.15, 0.2) is 0 Å². The van der Waals surface area contributed by atoms with E-state index in [4.69, 9.17) is 0 Å². The number of rotatable bonds is 4. The third kappa shape index (κ3) is 3.70. The van der Waals surface area contributed by atoms with E-state index in [1.165, 1.54) is 0 Å². The van der Waals surface area contributed by atoms with Crippen molar-refractivity contribution < 1.29 is 4.79 Å². The zero-order chi connectivity index (χ0) is 11.5. The van der Waals surface area contributed by atoms with Crippen LogP contribution in [0.3, 0.4) is 0 Å². The maximum atomic E-state index is 11.8. The molecule has 1 rings (SSSR count). The quantitative estimate of drug-likeness (QED) is 0.870. The summed E-state index contributed by atoms with van der Waals surface area (Å²) in [5.74, 6) is -0.0563. The van der Waals surface area contributed by atoms with Gasteiger partial charge in [-0.2, -0.15) is 0 Å². The van der Waals surface area contributed by atoms with Crippen molar-refractivity contribution in [3.05, 3.63) is 22.4 Å². The van der Waals surface area contributed by atoms with Crippen LogP contribution in [0.25, 0.3) is 0 Å². The highest BCUT2D eigenvalue weighted by molar-refractivity contribution is 9.10. The molecule has 0 aliphatic rings. The van der Waals surface area contributed by atoms with Crippen LogP contribution in [0, 0.1) is 0 Å². The SMILES string of the molecule is CCCC(C)(C)NC(=O)c1cc(Br)c[nH]1. The first kappa shape index (κ1) is 12.3. The van der Waals surface area contributed by atoms with Crippen LogP contribution in [0.15, 0.2) is 16.7 Å². The molecule has 0 spiro atoms. The molecule has 0 fully saturated rings. The lowest BCUT2D eigenvalue weighted by atomic mass is 9.99. The number of hydrogen-bond donors (Lipinski definition) is 2. The molecule has 1 heterocycles. The minimum absolute atomic E-state index is 0.0563. The van der Waals surface area contributed by atoms with Crippen LogP contribution in [-0.4, -0.2) is 16.4 Å². The lowest BCUT2D eigenvalue weighted by Crippen LogP contribution is -2.43. The van der Waals surface area contributed by atoms with Gasteiger partial charge >= 0.3 is 0 Å². The van der Waals surface area contributed by atoms with E-state index in [9.17, 15) is 4.79 Å². The Balaban J connectivity index is 2.63. The first-order valence-corrected chi connectivity index (χ1v) is 5.90. The molecule has 0 saturated carbocycles. The molecule has 0 radical (unpaired) electrons. The fraction of sp³-hybridized carbons (Fsp3) is 0.545. The molecule has 2 N–H and O–H groups in total. The largest absolute Gasteiger partial charge is 0.356 e. The molecule has 4 heteroatoms. The van der Waals surface area contributed by atoms with E-state index in [1.807, 2.05) is 13.8 Å². The molecule has 0 unspecified atom stereocenters. The zero-order valence-corrected chi connectivity index (χ0v) is 10.9. The molecule has 0 aliphatic heterocycles. The maximum Gasteiger partial charge on any atom is 0.268 e. The smallest absolute Gasteiger partial charge is 0.268 e. The fourth-order valence-corrected chi connectivity index (χ4v) is 1.90. The Bertz CT molecular complexity index is 344. The van der Waals surface area contributed by atoms with Crippen LogP contribution < -0.4 is 5.32 Å². The molecular weight excluding hydrogens is 256 g/mol. The van der Waals surface area contributed by atoms with Crippen LogP contribution >= 0.6 is 15.9 Å². The molecule has 84 valence electrons. The van der Waals surface area contributed by atoms with E-state index in [0.29, 0.717) is 5.69 Å². The van der Waals surface area contributed by atoms with E-state index in [0.717, 1.165) is 17.3 Å². The molecule has 0 aromatic carbocycles. The van der Waals surface area contributed by atoms with Crippen LogP contribution in [0.5, 0.6) is 0 Å². The summed E-state index contributed by atoms with van der Waals surface area (Å²) in [5.41, 5.74) is 0.440. The van der Waals surface area contributed by atoms with E-state index in [1.54, 1.807) is 12.3 Å². The van der Waals surface area contributed by atoms with Gasteiger partial charge in [0.2, 0.25) is 0 Å². The van der Waals surface area contributed by atoms with Gasteiger partial charge in [-0.15, -0.1) is 0 Å². The average Bonchev–Trinajstić information content (AvgIpc) is 2.50. The highest BCUT2D eigenvalue weighted by atomic mass is 79.9. The predicted octanol–water partition coefficient (Wildman–Crippen LogP) is 3.09. The summed E-state index contributed by atoms with van der Waals surface area (Å²) in [6.45, 7) is 6.18. The second kappa shape index (κ2) is 4.84. The zero-order valence-electron chi connectivity index (χ0n) is 9.36. The van der Waals surface area contributed by atoms with Gasteiger partial charge in [0, 0.05) is 16.2 Å². The number of aromatic nitrogens is 1. The summed E-state index contributed by atoms with van der Waals surface area (Å²) in [6, 6.07) is 1.78. The third-order valence-electron chi connectivity index (χ3n) is 2.22. The minimum atomic E-state index is -0.149. The summed E-state index contributed by atoms with van der Waals surface area (Å²) >= 11 is 3.30. The molecule has 1 aromatic heterocycles. The predicted molar refractivity (Wildman–Crippen MR) is 64.9 cm³/mol. The Morgan fingerprint density at radius 1 is 1.60 bits per heavy atom. The summed E-state index contributed by atoms with van der Waals surface area (Å²) in [6.07, 6.45) is 3.78. The van der Waals surface area contributed by atoms with Crippen molar-refractivity contribution in [2.24, 2.45) is 0 Å². The molecule has 0 bridgehead atoms. The number of amides is 1. The Kier molecular flexibility index (Phi) is 3.97. The van der Waals surface area contributed by atoms with Gasteiger partial charge in [-0.1, -0.05) is 13.3 Å². The van der Waals surface area contributed by atoms with Crippen molar-refractivity contribution in [3.63, 3.8) is 0 Å². The highest BCUT2D eigenvalue weighted by Crippen LogP contribution is 2.14. The van der Waals surface area contributed by atoms with E-state index in [-0.39, 0.29) is 11.4 Å². The van der Waals surface area contributed by atoms with Crippen LogP contribution in [0.4, 0.5) is 0 Å². The van der Waals surface area contributed by atoms with Gasteiger partial charge in [0.25, 0.3) is 5.91 Å². The Morgan fingerprint density at radius 3 is 2.73 bits per heavy atom. The normalized spacial score (nSPS) is 11.5. The van der Waals surface area contributed by atoms with Crippen LogP contribution in [-0.2, 0) is 0 Å². The number of carbonyl (C=O) groups is 1. The molecule has 0 saturated heterocycles. The number of aromatic amines is 1. The van der Waals surface area contributed by atoms with Crippen molar-refractivity contribution in [3.8, 4) is 0 Å². The Labute approximate surface area is 98.8 Å². The number of nitrogens with one attached hydrogen (secondary N) is 2. The second-order valence-corrected chi connectivity index (χ2v) is 5.24. The van der Waals surface area contributed by atoms with Gasteiger partial charge in [-0.05, 0) is 42.3 Å². The van der Waals surface area contributed by atoms with Gasteiger partial charge in [-0.25, -0.2) is 0 Å². The van der Waals surface area contributed by atoms with Gasteiger partial charge in [-0.3, -0.25) is 4.79 Å². The summed E-state index contributed by atoms with van der Waals surface area (Å²) < 4.78 is 0.890. The van der Waals surface area contributed by atoms with Gasteiger partial charge in [0.1, 0.15) is 5.69 Å². The third-order valence-corrected chi connectivity index (χ3v) is 2.68. The molecule has 3 nitrogen and oxygen atoms in total. The first-order chi connectivity index (χ1) is 6.94. The standard InChI is InChI=1S/C11H17BrN2O/c1-4-5-11(2,3)14-10(15)9-6-8(12)7-13-9/h6-7,13H,4-5H2,1-3H3,(H,14,15). The summed E-state index contributed by atoms with van der Waals surface area (Å²) in [4.78, 5) is 14.7. The number of hydrogen-bond acceptors (Lipinski definition) is 1. The van der Waals surface area contributed by atoms with Crippen molar-refractivity contribution in [2.75, 3.05) is 0 Å². The molecule has 0 atom stereocenters. The highest BCUT2D eigenvalue weighted by Gasteiger charge is 2.20. The number of carbonyl (C=O) groups excluding carboxylic acids is 1. The van der Waals surface area contributed by atoms with E-state index < -0.39 is 0 Å². The van der Waals surface area contributed by atoms with Crippen LogP contribution in [0.2, 0.25) is 0 Å². The molecule has 1 aromatic rings. The van der Waals surface area contributed by atoms with Crippen molar-refractivity contribution in [2.45, 2.75) is 39.2 Å². The summed E-state index contributed by atoms with van der Waals surface area (Å²) in [7, 11) is 0. The second-order valence-electron chi connectivity index (χ2n) is 4.32. The molecule has 0 aliphatic carbocycles. The van der Waals surface area contributed by atoms with E-state index in [2.05, 4.69) is 33.2 Å². The lowest BCUT2D eigenvalue weighted by Gasteiger charge is -2.25. The van der Waals surface area contributed by atoms with Gasteiger partial charge < -0.3 is 10.3 Å². The van der Waals surface area contributed by atoms with Crippen LogP contribution in [0.1, 0.15) is 44.1 Å². The number of halogens is 1. The maximum absolute atomic E-state index is 11.8. The van der Waals surface area contributed by atoms with Crippen molar-refractivity contribution in [1.82, 2.24) is 10.3 Å². The Morgan fingerprint density at radius 2 is 2.27 bits per heavy atom. The summed E-state index contributed by atoms with van der Waals surface area (Å²) in [5, 5.41) is 3.00. The molecule has 1 amide bonds. The van der Waals surface area contributed by atoms with Crippen molar-refractivity contribution in [1.29, 1.82) is 0 Å². The van der Waals surface area contributed by atoms with Gasteiger partial charge in [0.05, 0.1) is 0 Å².